The Bertz CT molecular complexity index is 1360. The monoisotopic (exact) mass is 496 g/mol. The number of thioether (sulfide) groups is 1. The van der Waals surface area contributed by atoms with E-state index in [9.17, 15) is 14.4 Å². The minimum absolute atomic E-state index is 0.0450. The lowest BCUT2D eigenvalue weighted by Crippen LogP contribution is -2.42. The molecule has 180 valence electrons. The number of benzene rings is 3. The number of hydrogen-bond acceptors (Lipinski definition) is 6. The Morgan fingerprint density at radius 1 is 0.917 bits per heavy atom. The van der Waals surface area contributed by atoms with Gasteiger partial charge in [0.25, 0.3) is 5.91 Å². The molecular weight excluding hydrogens is 472 g/mol. The first kappa shape index (κ1) is 23.7. The number of nitrogens with one attached hydrogen (secondary N) is 1. The van der Waals surface area contributed by atoms with E-state index in [4.69, 9.17) is 0 Å². The van der Waals surface area contributed by atoms with Crippen molar-refractivity contribution in [3.05, 3.63) is 102 Å². The first-order valence-corrected chi connectivity index (χ1v) is 12.7. The molecule has 0 bridgehead atoms. The van der Waals surface area contributed by atoms with Crippen LogP contribution < -0.4 is 5.32 Å². The van der Waals surface area contributed by atoms with E-state index in [1.165, 1.54) is 16.7 Å². The van der Waals surface area contributed by atoms with Crippen LogP contribution in [-0.2, 0) is 16.0 Å². The lowest BCUT2D eigenvalue weighted by atomic mass is 10.1. The summed E-state index contributed by atoms with van der Waals surface area (Å²) in [5, 5.41) is 3.29. The number of carbonyl (C=O) groups is 3. The summed E-state index contributed by atoms with van der Waals surface area (Å²) >= 11 is 1.20. The number of ketones is 1. The maximum atomic E-state index is 13.4. The predicted molar refractivity (Wildman–Crippen MR) is 142 cm³/mol. The van der Waals surface area contributed by atoms with Gasteiger partial charge in [0.05, 0.1) is 17.9 Å². The zero-order chi connectivity index (χ0) is 24.9. The number of hydrogen-bond donors (Lipinski definition) is 1. The summed E-state index contributed by atoms with van der Waals surface area (Å²) in [5.41, 5.74) is 3.15. The molecule has 0 aliphatic carbocycles. The number of amidine groups is 2. The van der Waals surface area contributed by atoms with Crippen LogP contribution in [0.2, 0.25) is 0 Å². The van der Waals surface area contributed by atoms with Gasteiger partial charge in [-0.05, 0) is 24.1 Å². The number of fused-ring (bicyclic) bond motifs is 3. The summed E-state index contributed by atoms with van der Waals surface area (Å²) in [4.78, 5) is 49.4. The molecule has 2 heterocycles. The Balaban J connectivity index is 1.28. The third-order valence-electron chi connectivity index (χ3n) is 5.93. The third kappa shape index (κ3) is 5.13. The second-order valence-corrected chi connectivity index (χ2v) is 9.36. The van der Waals surface area contributed by atoms with Gasteiger partial charge in [-0.15, -0.1) is 0 Å². The predicted octanol–water partition coefficient (Wildman–Crippen LogP) is 4.01. The lowest BCUT2D eigenvalue weighted by Gasteiger charge is -2.25. The number of para-hydroxylation sites is 1. The van der Waals surface area contributed by atoms with Gasteiger partial charge in [-0.25, -0.2) is 9.89 Å². The van der Waals surface area contributed by atoms with Crippen LogP contribution in [0.1, 0.15) is 27.9 Å². The van der Waals surface area contributed by atoms with Gasteiger partial charge < -0.3 is 5.32 Å². The van der Waals surface area contributed by atoms with Gasteiger partial charge in [0, 0.05) is 17.7 Å². The molecule has 1 N–H and O–H groups in total. The molecule has 8 heteroatoms. The highest BCUT2D eigenvalue weighted by Crippen LogP contribution is 2.34. The standard InChI is InChI=1S/C28H24N4O3S/c33-24(20-11-5-2-6-12-20)18-36-28-31-22-14-8-7-13-21(22)26-30-23(27(35)32(26)28)17-25(34)29-16-15-19-9-3-1-4-10-19/h1-14,23H,15-18H2,(H,29,34)/t23-/m1/s1. The first-order valence-electron chi connectivity index (χ1n) is 11.7. The van der Waals surface area contributed by atoms with Crippen LogP contribution in [0.25, 0.3) is 0 Å². The van der Waals surface area contributed by atoms with Crippen LogP contribution in [0.5, 0.6) is 0 Å². The van der Waals surface area contributed by atoms with Crippen LogP contribution in [0, 0.1) is 0 Å². The molecular formula is C28H24N4O3S. The molecule has 36 heavy (non-hydrogen) atoms. The van der Waals surface area contributed by atoms with E-state index in [0.717, 1.165) is 11.1 Å². The van der Waals surface area contributed by atoms with Crippen molar-refractivity contribution in [1.82, 2.24) is 10.2 Å². The number of Topliss-reactive ketones (excluding diaryl/α,β-unsaturated/α-hetero) is 1. The van der Waals surface area contributed by atoms with Crippen LogP contribution in [0.15, 0.2) is 94.9 Å². The van der Waals surface area contributed by atoms with E-state index in [0.29, 0.717) is 35.2 Å². The Kier molecular flexibility index (Phi) is 7.04. The number of nitrogens with zero attached hydrogens (tertiary/aromatic N) is 3. The Morgan fingerprint density at radius 3 is 2.39 bits per heavy atom. The smallest absolute Gasteiger partial charge is 0.259 e. The SMILES string of the molecule is O=C(C[C@H]1N=C2c3ccccc3N=C(SCC(=O)c3ccccc3)N2C1=O)NCCc1ccccc1. The van der Waals surface area contributed by atoms with Crippen LogP contribution in [0.3, 0.4) is 0 Å². The first-order chi connectivity index (χ1) is 17.6. The molecule has 2 aliphatic rings. The normalized spacial score (nSPS) is 16.1. The van der Waals surface area contributed by atoms with E-state index in [1.54, 1.807) is 12.1 Å². The van der Waals surface area contributed by atoms with Crippen molar-refractivity contribution in [1.29, 1.82) is 0 Å². The van der Waals surface area contributed by atoms with Gasteiger partial charge in [0.1, 0.15) is 11.9 Å². The van der Waals surface area contributed by atoms with Crippen molar-refractivity contribution in [3.63, 3.8) is 0 Å². The quantitative estimate of drug-likeness (QED) is 0.477. The minimum Gasteiger partial charge on any atom is -0.356 e. The molecule has 7 nitrogen and oxygen atoms in total. The number of aliphatic imine (C=N–C) groups is 2. The van der Waals surface area contributed by atoms with E-state index < -0.39 is 6.04 Å². The summed E-state index contributed by atoms with van der Waals surface area (Å²) in [7, 11) is 0. The van der Waals surface area contributed by atoms with Gasteiger partial charge in [0.2, 0.25) is 5.91 Å². The molecule has 5 rings (SSSR count). The zero-order valence-corrected chi connectivity index (χ0v) is 20.3. The molecule has 0 spiro atoms. The van der Waals surface area contributed by atoms with Crippen molar-refractivity contribution < 1.29 is 14.4 Å². The summed E-state index contributed by atoms with van der Waals surface area (Å²) in [6.45, 7) is 0.483. The largest absolute Gasteiger partial charge is 0.356 e. The topological polar surface area (TPSA) is 91.2 Å². The highest BCUT2D eigenvalue weighted by Gasteiger charge is 2.42. The van der Waals surface area contributed by atoms with Crippen LogP contribution >= 0.6 is 11.8 Å². The number of carbonyl (C=O) groups excluding carboxylic acids is 3. The molecule has 2 aliphatic heterocycles. The molecule has 1 atom stereocenters. The van der Waals surface area contributed by atoms with Crippen molar-refractivity contribution in [2.45, 2.75) is 18.9 Å². The van der Waals surface area contributed by atoms with Gasteiger partial charge in [0.15, 0.2) is 11.0 Å². The minimum atomic E-state index is -0.835. The maximum Gasteiger partial charge on any atom is 0.259 e. The zero-order valence-electron chi connectivity index (χ0n) is 19.5. The van der Waals surface area contributed by atoms with E-state index in [-0.39, 0.29) is 29.8 Å². The molecule has 2 amide bonds. The highest BCUT2D eigenvalue weighted by molar-refractivity contribution is 8.14. The average molecular weight is 497 g/mol. The summed E-state index contributed by atoms with van der Waals surface area (Å²) in [5.74, 6) is 0.0134. The number of rotatable bonds is 8. The van der Waals surface area contributed by atoms with Gasteiger partial charge in [-0.2, -0.15) is 0 Å². The molecule has 0 saturated heterocycles. The van der Waals surface area contributed by atoms with Gasteiger partial charge in [-0.1, -0.05) is 84.6 Å². The van der Waals surface area contributed by atoms with Gasteiger partial charge in [-0.3, -0.25) is 19.4 Å². The van der Waals surface area contributed by atoms with Crippen molar-refractivity contribution in [2.75, 3.05) is 12.3 Å². The average Bonchev–Trinajstić information content (AvgIpc) is 3.24. The Morgan fingerprint density at radius 2 is 1.61 bits per heavy atom. The second-order valence-electron chi connectivity index (χ2n) is 8.42. The molecule has 0 aromatic heterocycles. The van der Waals surface area contributed by atoms with Gasteiger partial charge >= 0.3 is 0 Å². The summed E-state index contributed by atoms with van der Waals surface area (Å²) < 4.78 is 0. The van der Waals surface area contributed by atoms with Crippen molar-refractivity contribution in [2.24, 2.45) is 9.98 Å². The lowest BCUT2D eigenvalue weighted by molar-refractivity contribution is -0.128. The fraction of sp³-hybridized carbons (Fsp3) is 0.179. The molecule has 0 radical (unpaired) electrons. The number of amides is 2. The second kappa shape index (κ2) is 10.7. The Labute approximate surface area is 213 Å². The Hall–Kier alpha value is -4.04. The van der Waals surface area contributed by atoms with E-state index in [1.807, 2.05) is 72.8 Å². The fourth-order valence-corrected chi connectivity index (χ4v) is 5.00. The molecule has 0 unspecified atom stereocenters. The van der Waals surface area contributed by atoms with E-state index >= 15 is 0 Å². The van der Waals surface area contributed by atoms with Crippen LogP contribution in [0.4, 0.5) is 5.69 Å². The van der Waals surface area contributed by atoms with Crippen molar-refractivity contribution in [3.8, 4) is 0 Å². The molecule has 0 saturated carbocycles. The van der Waals surface area contributed by atoms with Crippen molar-refractivity contribution >= 4 is 46.1 Å². The highest BCUT2D eigenvalue weighted by atomic mass is 32.2. The summed E-state index contributed by atoms with van der Waals surface area (Å²) in [6.07, 6.45) is 0.665. The summed E-state index contributed by atoms with van der Waals surface area (Å²) in [6, 6.07) is 25.5. The van der Waals surface area contributed by atoms with Crippen LogP contribution in [-0.4, -0.2) is 51.8 Å². The fourth-order valence-electron chi connectivity index (χ4n) is 4.11. The molecule has 0 fully saturated rings. The van der Waals surface area contributed by atoms with E-state index in [2.05, 4.69) is 15.3 Å². The third-order valence-corrected chi connectivity index (χ3v) is 6.87. The molecule has 3 aromatic rings. The molecule has 3 aromatic carbocycles. The maximum absolute atomic E-state index is 13.4.